The summed E-state index contributed by atoms with van der Waals surface area (Å²) in [6.45, 7) is 5.22. The highest BCUT2D eigenvalue weighted by Gasteiger charge is 2.52. The number of hydrogen-bond acceptors (Lipinski definition) is 4. The first-order valence-corrected chi connectivity index (χ1v) is 5.85. The van der Waals surface area contributed by atoms with Gasteiger partial charge in [-0.05, 0) is 33.6 Å². The molecule has 1 saturated carbocycles. The molecule has 0 radical (unpaired) electrons. The Bertz CT molecular complexity index is 483. The van der Waals surface area contributed by atoms with Crippen LogP contribution < -0.4 is 5.32 Å². The van der Waals surface area contributed by atoms with E-state index in [0.717, 1.165) is 5.56 Å². The number of nitrogens with one attached hydrogen (secondary N) is 1. The molecule has 0 spiro atoms. The molecular weight excluding hydrogens is 236 g/mol. The van der Waals surface area contributed by atoms with Crippen LogP contribution in [0.25, 0.3) is 0 Å². The molecule has 0 unspecified atom stereocenters. The van der Waals surface area contributed by atoms with Crippen molar-refractivity contribution in [2.75, 3.05) is 0 Å². The molecule has 1 heterocycles. The molecule has 1 aliphatic rings. The second-order valence-corrected chi connectivity index (χ2v) is 4.84. The van der Waals surface area contributed by atoms with E-state index in [-0.39, 0.29) is 5.91 Å². The van der Waals surface area contributed by atoms with Gasteiger partial charge in [0.2, 0.25) is 5.91 Å². The summed E-state index contributed by atoms with van der Waals surface area (Å²) in [6, 6.07) is 0. The molecule has 0 bridgehead atoms. The van der Waals surface area contributed by atoms with Crippen molar-refractivity contribution in [2.24, 2.45) is 0 Å². The predicted molar refractivity (Wildman–Crippen MR) is 62.1 cm³/mol. The van der Waals surface area contributed by atoms with Gasteiger partial charge in [0.15, 0.2) is 0 Å². The highest BCUT2D eigenvalue weighted by atomic mass is 16.5. The molecular formula is C12H16N2O4. The zero-order valence-corrected chi connectivity index (χ0v) is 10.6. The Morgan fingerprint density at radius 1 is 1.44 bits per heavy atom. The fraction of sp³-hybridized carbons (Fsp3) is 0.583. The quantitative estimate of drug-likeness (QED) is 0.837. The maximum atomic E-state index is 12.1. The minimum Gasteiger partial charge on any atom is -0.480 e. The second kappa shape index (κ2) is 4.12. The molecule has 18 heavy (non-hydrogen) atoms. The summed E-state index contributed by atoms with van der Waals surface area (Å²) in [5, 5.41) is 15.4. The first-order valence-electron chi connectivity index (χ1n) is 5.85. The van der Waals surface area contributed by atoms with E-state index in [2.05, 4.69) is 10.5 Å². The van der Waals surface area contributed by atoms with Crippen molar-refractivity contribution in [3.05, 3.63) is 17.0 Å². The number of aromatic nitrogens is 1. The topological polar surface area (TPSA) is 92.4 Å². The number of hydrogen-bond donors (Lipinski definition) is 2. The van der Waals surface area contributed by atoms with Gasteiger partial charge in [0, 0.05) is 5.56 Å². The number of rotatable bonds is 4. The Morgan fingerprint density at radius 3 is 2.44 bits per heavy atom. The van der Waals surface area contributed by atoms with Crippen LogP contribution in [-0.2, 0) is 9.59 Å². The molecule has 1 atom stereocenters. The number of aryl methyl sites for hydroxylation is 2. The summed E-state index contributed by atoms with van der Waals surface area (Å²) in [5.74, 6) is -1.14. The van der Waals surface area contributed by atoms with Crippen LogP contribution in [0.5, 0.6) is 0 Å². The number of aliphatic carboxylic acids is 1. The van der Waals surface area contributed by atoms with Gasteiger partial charge in [-0.25, -0.2) is 4.79 Å². The number of carbonyl (C=O) groups excluding carboxylic acids is 1. The lowest BCUT2D eigenvalue weighted by Crippen LogP contribution is -2.44. The van der Waals surface area contributed by atoms with Crippen LogP contribution in [0.1, 0.15) is 42.7 Å². The maximum absolute atomic E-state index is 12.1. The molecule has 2 N–H and O–H groups in total. The van der Waals surface area contributed by atoms with Crippen molar-refractivity contribution in [1.29, 1.82) is 0 Å². The first kappa shape index (κ1) is 12.6. The van der Waals surface area contributed by atoms with Gasteiger partial charge in [0.05, 0.1) is 11.6 Å². The van der Waals surface area contributed by atoms with E-state index in [1.54, 1.807) is 20.8 Å². The van der Waals surface area contributed by atoms with Crippen LogP contribution in [0, 0.1) is 13.8 Å². The zero-order valence-electron chi connectivity index (χ0n) is 10.6. The molecule has 1 aromatic heterocycles. The summed E-state index contributed by atoms with van der Waals surface area (Å²) in [5.41, 5.74) is 0.341. The number of nitrogens with zero attached hydrogens (tertiary/aromatic N) is 1. The third-order valence-electron chi connectivity index (χ3n) is 3.44. The average Bonchev–Trinajstić information content (AvgIpc) is 3.00. The number of carboxylic acids is 1. The zero-order chi connectivity index (χ0) is 13.5. The molecule has 6 heteroatoms. The Morgan fingerprint density at radius 2 is 2.06 bits per heavy atom. The van der Waals surface area contributed by atoms with Crippen molar-refractivity contribution >= 4 is 11.9 Å². The Hall–Kier alpha value is -1.85. The molecule has 98 valence electrons. The van der Waals surface area contributed by atoms with E-state index in [0.29, 0.717) is 24.3 Å². The first-order chi connectivity index (χ1) is 8.37. The van der Waals surface area contributed by atoms with Gasteiger partial charge in [-0.2, -0.15) is 0 Å². The van der Waals surface area contributed by atoms with E-state index in [4.69, 9.17) is 9.63 Å². The molecule has 0 aliphatic heterocycles. The summed E-state index contributed by atoms with van der Waals surface area (Å²) in [4.78, 5) is 23.1. The summed E-state index contributed by atoms with van der Waals surface area (Å²) in [7, 11) is 0. The third kappa shape index (κ3) is 1.98. The van der Waals surface area contributed by atoms with E-state index in [1.165, 1.54) is 0 Å². The molecule has 1 aliphatic carbocycles. The molecule has 2 rings (SSSR count). The van der Waals surface area contributed by atoms with Crippen LogP contribution in [-0.4, -0.2) is 27.7 Å². The van der Waals surface area contributed by atoms with Crippen molar-refractivity contribution in [3.8, 4) is 0 Å². The van der Waals surface area contributed by atoms with Gasteiger partial charge in [-0.15, -0.1) is 0 Å². The van der Waals surface area contributed by atoms with Crippen molar-refractivity contribution < 1.29 is 19.2 Å². The van der Waals surface area contributed by atoms with Crippen LogP contribution in [0.4, 0.5) is 0 Å². The van der Waals surface area contributed by atoms with Gasteiger partial charge in [-0.1, -0.05) is 5.16 Å². The van der Waals surface area contributed by atoms with Crippen molar-refractivity contribution in [3.63, 3.8) is 0 Å². The van der Waals surface area contributed by atoms with Crippen LogP contribution in [0.15, 0.2) is 4.52 Å². The standard InChI is InChI=1S/C12H16N2O4/c1-6(9-7(2)14-18-8(9)3)10(15)13-12(4-5-12)11(16)17/h6H,4-5H2,1-3H3,(H,13,15)(H,16,17)/t6-/m0/s1. The van der Waals surface area contributed by atoms with Gasteiger partial charge in [-0.3, -0.25) is 4.79 Å². The lowest BCUT2D eigenvalue weighted by atomic mass is 9.98. The normalized spacial score (nSPS) is 18.2. The van der Waals surface area contributed by atoms with Crippen LogP contribution in [0.3, 0.4) is 0 Å². The predicted octanol–water partition coefficient (Wildman–Crippen LogP) is 1.13. The van der Waals surface area contributed by atoms with E-state index >= 15 is 0 Å². The Kier molecular flexibility index (Phi) is 2.88. The summed E-state index contributed by atoms with van der Waals surface area (Å²) < 4.78 is 5.01. The monoisotopic (exact) mass is 252 g/mol. The number of carboxylic acid groups (broad SMARTS) is 1. The number of amides is 1. The van der Waals surface area contributed by atoms with Crippen LogP contribution in [0.2, 0.25) is 0 Å². The SMILES string of the molecule is Cc1noc(C)c1[C@H](C)C(=O)NC1(C(=O)O)CC1. The van der Waals surface area contributed by atoms with Gasteiger partial charge in [0.1, 0.15) is 11.3 Å². The summed E-state index contributed by atoms with van der Waals surface area (Å²) in [6.07, 6.45) is 0.977. The molecule has 0 aromatic carbocycles. The molecule has 1 fully saturated rings. The van der Waals surface area contributed by atoms with E-state index in [9.17, 15) is 9.59 Å². The van der Waals surface area contributed by atoms with Crippen LogP contribution >= 0.6 is 0 Å². The largest absolute Gasteiger partial charge is 0.480 e. The highest BCUT2D eigenvalue weighted by Crippen LogP contribution is 2.36. The molecule has 1 aromatic rings. The molecule has 6 nitrogen and oxygen atoms in total. The van der Waals surface area contributed by atoms with Gasteiger partial charge >= 0.3 is 5.97 Å². The maximum Gasteiger partial charge on any atom is 0.329 e. The number of carbonyl (C=O) groups is 2. The Labute approximate surface area is 104 Å². The highest BCUT2D eigenvalue weighted by molar-refractivity contribution is 5.92. The molecule has 0 saturated heterocycles. The van der Waals surface area contributed by atoms with Gasteiger partial charge < -0.3 is 14.9 Å². The summed E-state index contributed by atoms with van der Waals surface area (Å²) >= 11 is 0. The second-order valence-electron chi connectivity index (χ2n) is 4.84. The van der Waals surface area contributed by atoms with Crippen molar-refractivity contribution in [2.45, 2.75) is 45.1 Å². The minimum absolute atomic E-state index is 0.302. The Balaban J connectivity index is 2.13. The fourth-order valence-corrected chi connectivity index (χ4v) is 2.10. The lowest BCUT2D eigenvalue weighted by Gasteiger charge is -2.16. The van der Waals surface area contributed by atoms with E-state index in [1.807, 2.05) is 0 Å². The fourth-order valence-electron chi connectivity index (χ4n) is 2.10. The van der Waals surface area contributed by atoms with Gasteiger partial charge in [0.25, 0.3) is 0 Å². The lowest BCUT2D eigenvalue weighted by molar-refractivity contribution is -0.143. The minimum atomic E-state index is -1.05. The average molecular weight is 252 g/mol. The smallest absolute Gasteiger partial charge is 0.329 e. The van der Waals surface area contributed by atoms with Crippen molar-refractivity contribution in [1.82, 2.24) is 10.5 Å². The molecule has 1 amide bonds. The van der Waals surface area contributed by atoms with E-state index < -0.39 is 17.4 Å². The third-order valence-corrected chi connectivity index (χ3v) is 3.44.